The summed E-state index contributed by atoms with van der Waals surface area (Å²) in [5.41, 5.74) is 4.62. The first-order chi connectivity index (χ1) is 9.33. The molecular formula is C12H17FN2O4S. The van der Waals surface area contributed by atoms with Gasteiger partial charge in [0.2, 0.25) is 10.0 Å². The first kappa shape index (κ1) is 15.0. The maximum Gasteiger partial charge on any atom is 0.241 e. The van der Waals surface area contributed by atoms with Gasteiger partial charge in [0.05, 0.1) is 29.8 Å². The smallest absolute Gasteiger partial charge is 0.241 e. The van der Waals surface area contributed by atoms with Crippen LogP contribution >= 0.6 is 0 Å². The Morgan fingerprint density at radius 3 is 2.55 bits per heavy atom. The van der Waals surface area contributed by atoms with Crippen LogP contribution in [-0.2, 0) is 10.0 Å². The second-order valence-electron chi connectivity index (χ2n) is 4.93. The van der Waals surface area contributed by atoms with Crippen LogP contribution in [0.15, 0.2) is 17.0 Å². The van der Waals surface area contributed by atoms with Crippen molar-refractivity contribution in [1.82, 2.24) is 4.72 Å². The highest BCUT2D eigenvalue weighted by atomic mass is 32.2. The lowest BCUT2D eigenvalue weighted by Crippen LogP contribution is -2.55. The van der Waals surface area contributed by atoms with Crippen LogP contribution in [0.5, 0.6) is 5.75 Å². The number of benzene rings is 1. The van der Waals surface area contributed by atoms with Gasteiger partial charge in [0.1, 0.15) is 0 Å². The summed E-state index contributed by atoms with van der Waals surface area (Å²) in [4.78, 5) is -0.284. The second kappa shape index (κ2) is 5.19. The zero-order chi connectivity index (χ0) is 15.0. The largest absolute Gasteiger partial charge is 0.492 e. The summed E-state index contributed by atoms with van der Waals surface area (Å²) in [5.74, 6) is -1.04. The van der Waals surface area contributed by atoms with E-state index >= 15 is 0 Å². The molecule has 0 heterocycles. The van der Waals surface area contributed by atoms with Gasteiger partial charge >= 0.3 is 0 Å². The van der Waals surface area contributed by atoms with Gasteiger partial charge < -0.3 is 15.6 Å². The van der Waals surface area contributed by atoms with Crippen molar-refractivity contribution >= 4 is 15.7 Å². The maximum atomic E-state index is 13.7. The molecule has 6 nitrogen and oxygen atoms in total. The molecule has 0 aromatic heterocycles. The number of nitrogens with two attached hydrogens (primary N) is 1. The molecule has 4 N–H and O–H groups in total. The molecule has 0 spiro atoms. The van der Waals surface area contributed by atoms with Crippen molar-refractivity contribution in [1.29, 1.82) is 0 Å². The van der Waals surface area contributed by atoms with Gasteiger partial charge in [-0.3, -0.25) is 0 Å². The number of hydrogen-bond donors (Lipinski definition) is 3. The van der Waals surface area contributed by atoms with Crippen molar-refractivity contribution in [3.63, 3.8) is 0 Å². The fourth-order valence-electron chi connectivity index (χ4n) is 2.20. The molecule has 20 heavy (non-hydrogen) atoms. The number of nitrogen functional groups attached to an aromatic ring is 1. The molecule has 1 fully saturated rings. The molecule has 1 aliphatic carbocycles. The molecule has 0 unspecified atom stereocenters. The van der Waals surface area contributed by atoms with Crippen molar-refractivity contribution in [2.45, 2.75) is 29.7 Å². The molecule has 0 amide bonds. The Morgan fingerprint density at radius 1 is 1.50 bits per heavy atom. The van der Waals surface area contributed by atoms with Crippen molar-refractivity contribution < 1.29 is 22.7 Å². The van der Waals surface area contributed by atoms with Gasteiger partial charge in [0.25, 0.3) is 0 Å². The summed E-state index contributed by atoms with van der Waals surface area (Å²) < 4.78 is 45.3. The highest BCUT2D eigenvalue weighted by Gasteiger charge is 2.40. The second-order valence-corrected chi connectivity index (χ2v) is 6.61. The Labute approximate surface area is 116 Å². The molecule has 0 saturated heterocycles. The van der Waals surface area contributed by atoms with Crippen molar-refractivity contribution in [2.24, 2.45) is 0 Å². The summed E-state index contributed by atoms with van der Waals surface area (Å²) in [6.45, 7) is -0.291. The lowest BCUT2D eigenvalue weighted by Gasteiger charge is -2.40. The van der Waals surface area contributed by atoms with Crippen LogP contribution in [0.1, 0.15) is 19.3 Å². The number of ether oxygens (including phenoxy) is 1. The first-order valence-electron chi connectivity index (χ1n) is 6.11. The van der Waals surface area contributed by atoms with E-state index in [9.17, 15) is 17.9 Å². The molecule has 0 aliphatic heterocycles. The number of anilines is 1. The zero-order valence-electron chi connectivity index (χ0n) is 11.0. The van der Waals surface area contributed by atoms with Crippen LogP contribution in [0.3, 0.4) is 0 Å². The molecule has 1 aliphatic rings. The summed E-state index contributed by atoms with van der Waals surface area (Å²) in [7, 11) is -2.70. The molecule has 0 bridgehead atoms. The van der Waals surface area contributed by atoms with E-state index in [1.165, 1.54) is 7.11 Å². The van der Waals surface area contributed by atoms with Crippen molar-refractivity contribution in [2.75, 3.05) is 19.5 Å². The number of methoxy groups -OCH3 is 1. The van der Waals surface area contributed by atoms with Crippen LogP contribution < -0.4 is 15.2 Å². The van der Waals surface area contributed by atoms with Crippen LogP contribution in [0, 0.1) is 5.82 Å². The van der Waals surface area contributed by atoms with Crippen LogP contribution in [-0.4, -0.2) is 32.8 Å². The molecule has 8 heteroatoms. The number of nitrogens with one attached hydrogen (secondary N) is 1. The number of rotatable bonds is 5. The van der Waals surface area contributed by atoms with Gasteiger partial charge in [-0.05, 0) is 31.4 Å². The van der Waals surface area contributed by atoms with E-state index in [-0.39, 0.29) is 22.9 Å². The molecule has 2 rings (SSSR count). The number of halogens is 1. The third-order valence-electron chi connectivity index (χ3n) is 3.52. The summed E-state index contributed by atoms with van der Waals surface area (Å²) >= 11 is 0. The minimum absolute atomic E-state index is 0.0977. The van der Waals surface area contributed by atoms with Crippen molar-refractivity contribution in [3.05, 3.63) is 17.9 Å². The lowest BCUT2D eigenvalue weighted by molar-refractivity contribution is 0.110. The van der Waals surface area contributed by atoms with E-state index in [0.29, 0.717) is 12.8 Å². The van der Waals surface area contributed by atoms with Crippen LogP contribution in [0.25, 0.3) is 0 Å². The third-order valence-corrected chi connectivity index (χ3v) is 5.08. The number of hydrogen-bond acceptors (Lipinski definition) is 5. The van der Waals surface area contributed by atoms with Gasteiger partial charge in [0, 0.05) is 0 Å². The SMILES string of the molecule is COc1c(N)cc(S(=O)(=O)NC2(CO)CCC2)cc1F. The number of aliphatic hydroxyl groups excluding tert-OH is 1. The average Bonchev–Trinajstić information content (AvgIpc) is 2.33. The minimum Gasteiger partial charge on any atom is -0.492 e. The summed E-state index contributed by atoms with van der Waals surface area (Å²) in [6.07, 6.45) is 1.94. The van der Waals surface area contributed by atoms with Gasteiger partial charge in [-0.25, -0.2) is 17.5 Å². The quantitative estimate of drug-likeness (QED) is 0.692. The Bertz CT molecular complexity index is 585. The van der Waals surface area contributed by atoms with Gasteiger partial charge in [-0.15, -0.1) is 0 Å². The van der Waals surface area contributed by atoms with E-state index in [1.807, 2.05) is 0 Å². The molecule has 1 saturated carbocycles. The zero-order valence-corrected chi connectivity index (χ0v) is 11.8. The van der Waals surface area contributed by atoms with E-state index in [0.717, 1.165) is 18.6 Å². The maximum absolute atomic E-state index is 13.7. The van der Waals surface area contributed by atoms with Gasteiger partial charge in [0.15, 0.2) is 11.6 Å². The van der Waals surface area contributed by atoms with E-state index in [4.69, 9.17) is 10.5 Å². The van der Waals surface area contributed by atoms with Gasteiger partial charge in [-0.1, -0.05) is 0 Å². The minimum atomic E-state index is -3.95. The molecule has 1 aromatic rings. The standard InChI is InChI=1S/C12H17FN2O4S/c1-19-11-9(13)5-8(6-10(11)14)20(17,18)15-12(7-16)3-2-4-12/h5-6,15-16H,2-4,7,14H2,1H3. The normalized spacial score (nSPS) is 17.6. The molecule has 0 atom stereocenters. The Kier molecular flexibility index (Phi) is 3.90. The predicted octanol–water partition coefficient (Wildman–Crippen LogP) is 0.610. The van der Waals surface area contributed by atoms with Crippen molar-refractivity contribution in [3.8, 4) is 5.75 Å². The van der Waals surface area contributed by atoms with E-state index in [1.54, 1.807) is 0 Å². The Balaban J connectivity index is 2.35. The van der Waals surface area contributed by atoms with Crippen LogP contribution in [0.2, 0.25) is 0 Å². The highest BCUT2D eigenvalue weighted by molar-refractivity contribution is 7.89. The third kappa shape index (κ3) is 2.58. The molecule has 0 radical (unpaired) electrons. The molecule has 1 aromatic carbocycles. The molecule has 112 valence electrons. The summed E-state index contributed by atoms with van der Waals surface area (Å²) in [5, 5.41) is 9.29. The monoisotopic (exact) mass is 304 g/mol. The summed E-state index contributed by atoms with van der Waals surface area (Å²) in [6, 6.07) is 1.98. The number of aliphatic hydroxyl groups is 1. The van der Waals surface area contributed by atoms with Gasteiger partial charge in [-0.2, -0.15) is 0 Å². The fraction of sp³-hybridized carbons (Fsp3) is 0.500. The topological polar surface area (TPSA) is 102 Å². The first-order valence-corrected chi connectivity index (χ1v) is 7.60. The fourth-order valence-corrected chi connectivity index (χ4v) is 3.70. The Hall–Kier alpha value is -1.38. The molecular weight excluding hydrogens is 287 g/mol. The lowest BCUT2D eigenvalue weighted by atomic mass is 9.78. The van der Waals surface area contributed by atoms with E-state index in [2.05, 4.69) is 4.72 Å². The average molecular weight is 304 g/mol. The Morgan fingerprint density at radius 2 is 2.15 bits per heavy atom. The predicted molar refractivity (Wildman–Crippen MR) is 71.4 cm³/mol. The van der Waals surface area contributed by atoms with E-state index < -0.39 is 21.4 Å². The number of sulfonamides is 1. The van der Waals surface area contributed by atoms with Crippen LogP contribution in [0.4, 0.5) is 10.1 Å². The highest BCUT2D eigenvalue weighted by Crippen LogP contribution is 2.34.